The van der Waals surface area contributed by atoms with Gasteiger partial charge in [0.1, 0.15) is 11.5 Å². The van der Waals surface area contributed by atoms with Crippen LogP contribution in [0, 0.1) is 6.92 Å². The Labute approximate surface area is 217 Å². The van der Waals surface area contributed by atoms with Crippen LogP contribution in [0.25, 0.3) is 33.9 Å². The second-order valence-corrected chi connectivity index (χ2v) is 10.1. The van der Waals surface area contributed by atoms with Gasteiger partial charge in [0.25, 0.3) is 0 Å². The van der Waals surface area contributed by atoms with E-state index in [1.807, 2.05) is 34.6 Å². The number of rotatable bonds is 5. The summed E-state index contributed by atoms with van der Waals surface area (Å²) in [5.41, 5.74) is 5.41. The van der Waals surface area contributed by atoms with E-state index in [4.69, 9.17) is 15.1 Å². The average molecular weight is 521 g/mol. The molecule has 0 aliphatic heterocycles. The number of aryl methyl sites for hydroxylation is 4. The van der Waals surface area contributed by atoms with E-state index in [-0.39, 0.29) is 11.9 Å². The van der Waals surface area contributed by atoms with Crippen molar-refractivity contribution in [3.8, 4) is 22.9 Å². The van der Waals surface area contributed by atoms with Crippen LogP contribution in [0.5, 0.6) is 0 Å². The highest BCUT2D eigenvalue weighted by Gasteiger charge is 2.34. The molecular weight excluding hydrogens is 493 g/mol. The molecule has 0 spiro atoms. The second kappa shape index (κ2) is 8.78. The third-order valence-corrected chi connectivity index (χ3v) is 6.96. The first kappa shape index (κ1) is 24.3. The zero-order chi connectivity index (χ0) is 26.8. The summed E-state index contributed by atoms with van der Waals surface area (Å²) in [6.45, 7) is 6.66. The van der Waals surface area contributed by atoms with Crippen molar-refractivity contribution in [2.75, 3.05) is 0 Å². The van der Waals surface area contributed by atoms with Gasteiger partial charge in [-0.2, -0.15) is 23.4 Å². The van der Waals surface area contributed by atoms with Gasteiger partial charge in [-0.1, -0.05) is 24.3 Å². The largest absolute Gasteiger partial charge is 0.434 e. The minimum absolute atomic E-state index is 0.166. The lowest BCUT2D eigenvalue weighted by Crippen LogP contribution is -2.10. The van der Waals surface area contributed by atoms with Gasteiger partial charge in [0.15, 0.2) is 17.2 Å². The molecule has 4 heterocycles. The Bertz CT molecular complexity index is 1650. The third-order valence-electron chi connectivity index (χ3n) is 6.96. The number of aromatic nitrogens is 8. The Balaban J connectivity index is 1.38. The van der Waals surface area contributed by atoms with Crippen LogP contribution in [0.4, 0.5) is 13.2 Å². The molecule has 38 heavy (non-hydrogen) atoms. The topological polar surface area (TPSA) is 79.2 Å². The minimum atomic E-state index is -4.48. The molecular formula is C27H27F3N8. The number of nitrogens with zero attached hydrogens (tertiary/aromatic N) is 8. The quantitative estimate of drug-likeness (QED) is 0.304. The van der Waals surface area contributed by atoms with Crippen LogP contribution in [0.2, 0.25) is 0 Å². The van der Waals surface area contributed by atoms with E-state index in [9.17, 15) is 13.2 Å². The number of hydrogen-bond acceptors (Lipinski definition) is 5. The van der Waals surface area contributed by atoms with E-state index in [1.165, 1.54) is 4.57 Å². The van der Waals surface area contributed by atoms with Gasteiger partial charge in [0, 0.05) is 24.8 Å². The van der Waals surface area contributed by atoms with Crippen molar-refractivity contribution < 1.29 is 13.2 Å². The first-order valence-corrected chi connectivity index (χ1v) is 12.6. The molecule has 4 aromatic heterocycles. The van der Waals surface area contributed by atoms with E-state index in [1.54, 1.807) is 19.2 Å². The molecule has 0 radical (unpaired) electrons. The molecule has 0 amide bonds. The molecule has 8 nitrogen and oxygen atoms in total. The molecule has 0 saturated carbocycles. The molecule has 0 unspecified atom stereocenters. The summed E-state index contributed by atoms with van der Waals surface area (Å²) < 4.78 is 44.5. The van der Waals surface area contributed by atoms with E-state index < -0.39 is 11.9 Å². The molecule has 1 aliphatic carbocycles. The van der Waals surface area contributed by atoms with Crippen LogP contribution in [0.15, 0.2) is 36.7 Å². The maximum absolute atomic E-state index is 13.1. The van der Waals surface area contributed by atoms with Crippen molar-refractivity contribution in [2.45, 2.75) is 58.8 Å². The number of imidazole rings is 1. The molecule has 1 aromatic carbocycles. The Kier molecular flexibility index (Phi) is 5.62. The number of benzene rings is 1. The lowest BCUT2D eigenvalue weighted by Gasteiger charge is -2.14. The maximum Gasteiger partial charge on any atom is 0.434 e. The molecule has 11 heteroatoms. The third kappa shape index (κ3) is 4.06. The molecule has 0 saturated heterocycles. The van der Waals surface area contributed by atoms with Gasteiger partial charge in [-0.25, -0.2) is 19.6 Å². The average Bonchev–Trinajstić information content (AvgIpc) is 3.56. The maximum atomic E-state index is 13.1. The lowest BCUT2D eigenvalue weighted by molar-refractivity contribution is -0.140. The molecule has 0 fully saturated rings. The highest BCUT2D eigenvalue weighted by Crippen LogP contribution is 2.33. The van der Waals surface area contributed by atoms with Crippen molar-refractivity contribution >= 4 is 11.0 Å². The fourth-order valence-electron chi connectivity index (χ4n) is 5.14. The monoisotopic (exact) mass is 520 g/mol. The Morgan fingerprint density at radius 2 is 1.74 bits per heavy atom. The second-order valence-electron chi connectivity index (χ2n) is 10.1. The predicted octanol–water partition coefficient (Wildman–Crippen LogP) is 5.54. The van der Waals surface area contributed by atoms with Gasteiger partial charge in [-0.3, -0.25) is 4.68 Å². The molecule has 0 atom stereocenters. The lowest BCUT2D eigenvalue weighted by atomic mass is 10.0. The van der Waals surface area contributed by atoms with E-state index in [0.717, 1.165) is 64.7 Å². The van der Waals surface area contributed by atoms with Gasteiger partial charge >= 0.3 is 6.18 Å². The number of alkyl halides is 3. The molecule has 0 N–H and O–H groups in total. The predicted molar refractivity (Wildman–Crippen MR) is 136 cm³/mol. The zero-order valence-corrected chi connectivity index (χ0v) is 21.6. The van der Waals surface area contributed by atoms with Crippen molar-refractivity contribution in [3.05, 3.63) is 64.9 Å². The normalized spacial score (nSPS) is 13.7. The number of halogens is 3. The molecule has 196 valence electrons. The van der Waals surface area contributed by atoms with Crippen molar-refractivity contribution in [1.29, 1.82) is 0 Å². The first-order valence-electron chi connectivity index (χ1n) is 12.6. The van der Waals surface area contributed by atoms with E-state index in [0.29, 0.717) is 17.9 Å². The van der Waals surface area contributed by atoms with Crippen LogP contribution >= 0.6 is 0 Å². The minimum Gasteiger partial charge on any atom is -0.333 e. The summed E-state index contributed by atoms with van der Waals surface area (Å²) in [5, 5.41) is 10.5. The van der Waals surface area contributed by atoms with Crippen LogP contribution in [0.3, 0.4) is 0 Å². The molecule has 6 rings (SSSR count). The van der Waals surface area contributed by atoms with Gasteiger partial charge in [-0.15, -0.1) is 0 Å². The first-order chi connectivity index (χ1) is 18.1. The summed E-state index contributed by atoms with van der Waals surface area (Å²) in [6, 6.07) is 7.54. The van der Waals surface area contributed by atoms with Crippen LogP contribution < -0.4 is 0 Å². The van der Waals surface area contributed by atoms with Gasteiger partial charge in [0.05, 0.1) is 29.5 Å². The Morgan fingerprint density at radius 1 is 1.00 bits per heavy atom. The SMILES string of the molecule is Cc1cnn(C(C)C)c1-c1nc2c3c(nn(Cc4ccc(-c5nc(C(F)(F)F)cn5C)cc4)c3n1)CCC2. The summed E-state index contributed by atoms with van der Waals surface area (Å²) in [7, 11) is 1.56. The zero-order valence-electron chi connectivity index (χ0n) is 21.6. The van der Waals surface area contributed by atoms with Crippen LogP contribution in [0.1, 0.15) is 54.5 Å². The summed E-state index contributed by atoms with van der Waals surface area (Å²) in [4.78, 5) is 13.7. The van der Waals surface area contributed by atoms with Crippen molar-refractivity contribution in [1.82, 2.24) is 39.1 Å². The fraction of sp³-hybridized carbons (Fsp3) is 0.370. The van der Waals surface area contributed by atoms with Crippen LogP contribution in [-0.2, 0) is 32.6 Å². The molecule has 0 bridgehead atoms. The highest BCUT2D eigenvalue weighted by atomic mass is 19.4. The Morgan fingerprint density at radius 3 is 2.42 bits per heavy atom. The van der Waals surface area contributed by atoms with Crippen LogP contribution in [-0.4, -0.2) is 39.1 Å². The smallest absolute Gasteiger partial charge is 0.333 e. The van der Waals surface area contributed by atoms with Crippen molar-refractivity contribution in [2.24, 2.45) is 7.05 Å². The van der Waals surface area contributed by atoms with Gasteiger partial charge in [0.2, 0.25) is 0 Å². The summed E-state index contributed by atoms with van der Waals surface area (Å²) in [5.74, 6) is 0.914. The standard InChI is InChI=1S/C27H27F3N8/c1-15(2)38-23(16(3)12-31-38)24-32-19-6-5-7-20-22(19)26(34-24)37(35-20)13-17-8-10-18(11-9-17)25-33-21(14-36(25)4)27(28,29)30/h8-12,14-15H,5-7,13H2,1-4H3. The van der Waals surface area contributed by atoms with Gasteiger partial charge in [-0.05, 0) is 51.2 Å². The molecule has 5 aromatic rings. The van der Waals surface area contributed by atoms with Crippen molar-refractivity contribution in [3.63, 3.8) is 0 Å². The Hall–Kier alpha value is -4.02. The summed E-state index contributed by atoms with van der Waals surface area (Å²) >= 11 is 0. The van der Waals surface area contributed by atoms with E-state index >= 15 is 0 Å². The fourth-order valence-corrected chi connectivity index (χ4v) is 5.14. The molecule has 1 aliphatic rings. The highest BCUT2D eigenvalue weighted by molar-refractivity contribution is 5.83. The number of hydrogen-bond donors (Lipinski definition) is 0. The van der Waals surface area contributed by atoms with Gasteiger partial charge < -0.3 is 4.57 Å². The summed E-state index contributed by atoms with van der Waals surface area (Å²) in [6.07, 6.45) is 1.10. The van der Waals surface area contributed by atoms with E-state index in [2.05, 4.69) is 23.9 Å².